The molecule has 1 unspecified atom stereocenters. The summed E-state index contributed by atoms with van der Waals surface area (Å²) in [7, 11) is 0. The molecular weight excluding hydrogens is 310 g/mol. The number of esters is 1. The average molecular weight is 330 g/mol. The predicted octanol–water partition coefficient (Wildman–Crippen LogP) is 3.61. The monoisotopic (exact) mass is 329 g/mol. The van der Waals surface area contributed by atoms with Gasteiger partial charge in [-0.3, -0.25) is 4.79 Å². The highest BCUT2D eigenvalue weighted by atomic mass is 35.5. The van der Waals surface area contributed by atoms with Gasteiger partial charge < -0.3 is 10.5 Å². The quantitative estimate of drug-likeness (QED) is 0.875. The molecule has 2 aromatic carbocycles. The summed E-state index contributed by atoms with van der Waals surface area (Å²) < 4.78 is 5.14. The second-order valence-corrected chi connectivity index (χ2v) is 5.35. The van der Waals surface area contributed by atoms with Crippen LogP contribution in [0.25, 0.3) is 12.2 Å². The smallest absolute Gasteiger partial charge is 0.323 e. The first kappa shape index (κ1) is 17.3. The number of halogens is 1. The van der Waals surface area contributed by atoms with Crippen molar-refractivity contribution in [2.75, 3.05) is 6.61 Å². The number of carbonyl (C=O) groups excluding carboxylic acids is 1. The molecule has 1 aliphatic rings. The van der Waals surface area contributed by atoms with E-state index < -0.39 is 6.04 Å². The van der Waals surface area contributed by atoms with E-state index in [-0.39, 0.29) is 24.3 Å². The lowest BCUT2D eigenvalue weighted by Gasteiger charge is -2.25. The maximum Gasteiger partial charge on any atom is 0.323 e. The van der Waals surface area contributed by atoms with Crippen LogP contribution in [0.4, 0.5) is 0 Å². The van der Waals surface area contributed by atoms with Crippen molar-refractivity contribution in [2.24, 2.45) is 5.73 Å². The number of benzene rings is 2. The number of fused-ring (bicyclic) bond motifs is 2. The number of ether oxygens (including phenoxy) is 1. The first-order valence-corrected chi connectivity index (χ1v) is 7.50. The van der Waals surface area contributed by atoms with Crippen molar-refractivity contribution in [3.05, 3.63) is 70.8 Å². The van der Waals surface area contributed by atoms with Gasteiger partial charge in [-0.15, -0.1) is 12.4 Å². The molecule has 0 aromatic heterocycles. The lowest BCUT2D eigenvalue weighted by molar-refractivity contribution is -0.145. The highest BCUT2D eigenvalue weighted by Gasteiger charge is 2.32. The third-order valence-electron chi connectivity index (χ3n) is 4.02. The van der Waals surface area contributed by atoms with Crippen molar-refractivity contribution >= 4 is 30.5 Å². The minimum absolute atomic E-state index is 0. The summed E-state index contributed by atoms with van der Waals surface area (Å²) in [5, 5.41) is 0. The van der Waals surface area contributed by atoms with Crippen LogP contribution in [-0.4, -0.2) is 18.6 Å². The first-order chi connectivity index (χ1) is 10.7. The van der Waals surface area contributed by atoms with E-state index in [0.717, 1.165) is 22.3 Å². The third kappa shape index (κ3) is 3.31. The van der Waals surface area contributed by atoms with E-state index >= 15 is 0 Å². The van der Waals surface area contributed by atoms with Crippen molar-refractivity contribution in [3.8, 4) is 0 Å². The molecule has 0 heterocycles. The Morgan fingerprint density at radius 3 is 2.00 bits per heavy atom. The molecule has 1 aliphatic carbocycles. The van der Waals surface area contributed by atoms with E-state index in [4.69, 9.17) is 10.5 Å². The van der Waals surface area contributed by atoms with Gasteiger partial charge in [0.25, 0.3) is 0 Å². The summed E-state index contributed by atoms with van der Waals surface area (Å²) in [5.74, 6) is -0.569. The highest BCUT2D eigenvalue weighted by Crippen LogP contribution is 2.36. The van der Waals surface area contributed by atoms with Crippen LogP contribution in [0.2, 0.25) is 0 Å². The Morgan fingerprint density at radius 2 is 1.52 bits per heavy atom. The molecule has 0 radical (unpaired) electrons. The minimum atomic E-state index is -0.720. The zero-order valence-electron chi connectivity index (χ0n) is 12.9. The largest absolute Gasteiger partial charge is 0.465 e. The Kier molecular flexibility index (Phi) is 5.59. The molecule has 2 aromatic rings. The van der Waals surface area contributed by atoms with Crippen molar-refractivity contribution < 1.29 is 9.53 Å². The summed E-state index contributed by atoms with van der Waals surface area (Å²) >= 11 is 0. The van der Waals surface area contributed by atoms with Gasteiger partial charge in [0, 0.05) is 5.92 Å². The number of hydrogen-bond acceptors (Lipinski definition) is 3. The summed E-state index contributed by atoms with van der Waals surface area (Å²) in [6.07, 6.45) is 4.15. The Hall–Kier alpha value is -2.10. The number of nitrogens with two attached hydrogens (primary N) is 1. The molecule has 0 fully saturated rings. The lowest BCUT2D eigenvalue weighted by Crippen LogP contribution is -2.39. The maximum absolute atomic E-state index is 12.2. The zero-order valence-corrected chi connectivity index (χ0v) is 13.8. The fraction of sp³-hybridized carbons (Fsp3) is 0.211. The van der Waals surface area contributed by atoms with Crippen LogP contribution in [0, 0.1) is 0 Å². The summed E-state index contributed by atoms with van der Waals surface area (Å²) in [5.41, 5.74) is 10.6. The molecule has 3 nitrogen and oxygen atoms in total. The minimum Gasteiger partial charge on any atom is -0.465 e. The predicted molar refractivity (Wildman–Crippen MR) is 95.5 cm³/mol. The van der Waals surface area contributed by atoms with Crippen LogP contribution in [0.5, 0.6) is 0 Å². The number of hydrogen-bond donors (Lipinski definition) is 1. The van der Waals surface area contributed by atoms with Crippen LogP contribution in [0.15, 0.2) is 48.5 Å². The topological polar surface area (TPSA) is 52.3 Å². The van der Waals surface area contributed by atoms with Gasteiger partial charge in [-0.1, -0.05) is 60.7 Å². The van der Waals surface area contributed by atoms with Gasteiger partial charge in [-0.2, -0.15) is 0 Å². The molecular formula is C19H20ClNO2. The fourth-order valence-corrected chi connectivity index (χ4v) is 3.00. The molecule has 2 N–H and O–H groups in total. The van der Waals surface area contributed by atoms with Crippen molar-refractivity contribution in [1.29, 1.82) is 0 Å². The van der Waals surface area contributed by atoms with Gasteiger partial charge in [0.05, 0.1) is 6.61 Å². The molecule has 4 heteroatoms. The fourth-order valence-electron chi connectivity index (χ4n) is 3.00. The van der Waals surface area contributed by atoms with Gasteiger partial charge in [0.15, 0.2) is 0 Å². The SMILES string of the molecule is CCOC(=O)C(N)C1c2ccccc2C=Cc2ccccc21.Cl. The van der Waals surface area contributed by atoms with E-state index in [0.29, 0.717) is 6.61 Å². The van der Waals surface area contributed by atoms with E-state index in [1.54, 1.807) is 6.92 Å². The van der Waals surface area contributed by atoms with E-state index in [1.165, 1.54) is 0 Å². The molecule has 3 rings (SSSR count). The number of carbonyl (C=O) groups is 1. The highest BCUT2D eigenvalue weighted by molar-refractivity contribution is 5.85. The molecule has 0 amide bonds. The van der Waals surface area contributed by atoms with Gasteiger partial charge >= 0.3 is 5.97 Å². The zero-order chi connectivity index (χ0) is 15.5. The Morgan fingerprint density at radius 1 is 1.04 bits per heavy atom. The van der Waals surface area contributed by atoms with Crippen LogP contribution in [-0.2, 0) is 9.53 Å². The van der Waals surface area contributed by atoms with Crippen molar-refractivity contribution in [2.45, 2.75) is 18.9 Å². The Labute approximate surface area is 142 Å². The van der Waals surface area contributed by atoms with Crippen LogP contribution >= 0.6 is 12.4 Å². The third-order valence-corrected chi connectivity index (χ3v) is 4.02. The molecule has 0 spiro atoms. The van der Waals surface area contributed by atoms with Gasteiger partial charge in [-0.05, 0) is 29.2 Å². The molecule has 0 bridgehead atoms. The molecule has 23 heavy (non-hydrogen) atoms. The van der Waals surface area contributed by atoms with Crippen molar-refractivity contribution in [3.63, 3.8) is 0 Å². The normalized spacial score (nSPS) is 14.0. The second-order valence-electron chi connectivity index (χ2n) is 5.35. The second kappa shape index (κ2) is 7.44. The van der Waals surface area contributed by atoms with Crippen LogP contribution < -0.4 is 5.73 Å². The van der Waals surface area contributed by atoms with E-state index in [1.807, 2.05) is 48.5 Å². The Balaban J connectivity index is 0.00000192. The van der Waals surface area contributed by atoms with Crippen molar-refractivity contribution in [1.82, 2.24) is 0 Å². The maximum atomic E-state index is 12.2. The molecule has 1 atom stereocenters. The Bertz CT molecular complexity index is 677. The molecule has 0 saturated carbocycles. The lowest BCUT2D eigenvalue weighted by atomic mass is 9.82. The van der Waals surface area contributed by atoms with Gasteiger partial charge in [-0.25, -0.2) is 0 Å². The first-order valence-electron chi connectivity index (χ1n) is 7.50. The summed E-state index contributed by atoms with van der Waals surface area (Å²) in [6, 6.07) is 15.4. The summed E-state index contributed by atoms with van der Waals surface area (Å²) in [6.45, 7) is 2.13. The van der Waals surface area contributed by atoms with Gasteiger partial charge in [0.2, 0.25) is 0 Å². The number of rotatable bonds is 3. The summed E-state index contributed by atoms with van der Waals surface area (Å²) in [4.78, 5) is 12.2. The average Bonchev–Trinajstić information content (AvgIpc) is 2.71. The van der Waals surface area contributed by atoms with E-state index in [2.05, 4.69) is 12.2 Å². The van der Waals surface area contributed by atoms with Crippen LogP contribution in [0.3, 0.4) is 0 Å². The molecule has 0 saturated heterocycles. The standard InChI is InChI=1S/C19H19NO2.ClH/c1-2-22-19(21)18(20)17-15-9-5-3-7-13(15)11-12-14-8-4-6-10-16(14)17;/h3-12,17-18H,2,20H2,1H3;1H. The van der Waals surface area contributed by atoms with E-state index in [9.17, 15) is 4.79 Å². The van der Waals surface area contributed by atoms with Crippen LogP contribution in [0.1, 0.15) is 35.1 Å². The molecule has 0 aliphatic heterocycles. The molecule has 120 valence electrons. The van der Waals surface area contributed by atoms with Gasteiger partial charge in [0.1, 0.15) is 6.04 Å².